The number of rotatable bonds is 5. The number of benzene rings is 2. The average molecular weight is 347 g/mol. The van der Waals surface area contributed by atoms with Gasteiger partial charge in [-0.05, 0) is 30.3 Å². The zero-order chi connectivity index (χ0) is 17.9. The van der Waals surface area contributed by atoms with Crippen LogP contribution in [0.3, 0.4) is 0 Å². The standard InChI is InChI=1S/C20H17N3O3/c1-2-19-23-16-10-14(8-9-17(16)26-19)21-18(24)11-15-12-25-20(22-15)13-6-4-3-5-7-13/h3-10,12H,2,11H2,1H3,(H,21,24). The zero-order valence-corrected chi connectivity index (χ0v) is 14.2. The second-order valence-corrected chi connectivity index (χ2v) is 5.88. The number of nitrogens with zero attached hydrogens (tertiary/aromatic N) is 2. The molecule has 2 heterocycles. The number of carbonyl (C=O) groups excluding carboxylic acids is 1. The van der Waals surface area contributed by atoms with Crippen molar-refractivity contribution in [3.05, 3.63) is 66.4 Å². The molecule has 1 amide bonds. The summed E-state index contributed by atoms with van der Waals surface area (Å²) in [5.74, 6) is 1.01. The number of hydrogen-bond acceptors (Lipinski definition) is 5. The largest absolute Gasteiger partial charge is 0.444 e. The topological polar surface area (TPSA) is 81.2 Å². The Morgan fingerprint density at radius 2 is 1.96 bits per heavy atom. The van der Waals surface area contributed by atoms with Crippen molar-refractivity contribution in [2.75, 3.05) is 5.32 Å². The number of oxazole rings is 2. The van der Waals surface area contributed by atoms with Gasteiger partial charge in [-0.2, -0.15) is 0 Å². The van der Waals surface area contributed by atoms with Crippen LogP contribution in [0.1, 0.15) is 18.5 Å². The Morgan fingerprint density at radius 3 is 2.77 bits per heavy atom. The third kappa shape index (κ3) is 3.35. The molecule has 130 valence electrons. The Balaban J connectivity index is 1.45. The number of carbonyl (C=O) groups is 1. The summed E-state index contributed by atoms with van der Waals surface area (Å²) in [5.41, 5.74) is 3.57. The van der Waals surface area contributed by atoms with E-state index in [1.165, 1.54) is 6.26 Å². The predicted molar refractivity (Wildman–Crippen MR) is 97.7 cm³/mol. The molecule has 4 rings (SSSR count). The first kappa shape index (κ1) is 16.1. The molecule has 0 saturated carbocycles. The molecule has 0 bridgehead atoms. The number of aromatic nitrogens is 2. The molecular weight excluding hydrogens is 330 g/mol. The van der Waals surface area contributed by atoms with Crippen molar-refractivity contribution in [2.45, 2.75) is 19.8 Å². The minimum Gasteiger partial charge on any atom is -0.444 e. The van der Waals surface area contributed by atoms with Crippen molar-refractivity contribution in [3.63, 3.8) is 0 Å². The van der Waals surface area contributed by atoms with Crippen LogP contribution in [0.5, 0.6) is 0 Å². The molecule has 2 aromatic carbocycles. The fourth-order valence-electron chi connectivity index (χ4n) is 2.68. The first-order chi connectivity index (χ1) is 12.7. The van der Waals surface area contributed by atoms with E-state index in [-0.39, 0.29) is 12.3 Å². The van der Waals surface area contributed by atoms with Crippen LogP contribution in [0.2, 0.25) is 0 Å². The number of amides is 1. The summed E-state index contributed by atoms with van der Waals surface area (Å²) in [4.78, 5) is 21.0. The van der Waals surface area contributed by atoms with Crippen LogP contribution in [0.4, 0.5) is 5.69 Å². The summed E-state index contributed by atoms with van der Waals surface area (Å²) < 4.78 is 11.0. The third-order valence-electron chi connectivity index (χ3n) is 3.93. The molecule has 0 aliphatic rings. The van der Waals surface area contributed by atoms with Crippen LogP contribution in [0.15, 0.2) is 63.6 Å². The molecule has 0 atom stereocenters. The lowest BCUT2D eigenvalue weighted by molar-refractivity contribution is -0.115. The first-order valence-electron chi connectivity index (χ1n) is 8.40. The molecule has 0 radical (unpaired) electrons. The third-order valence-corrected chi connectivity index (χ3v) is 3.93. The van der Waals surface area contributed by atoms with Gasteiger partial charge in [-0.3, -0.25) is 4.79 Å². The maximum Gasteiger partial charge on any atom is 0.230 e. The van der Waals surface area contributed by atoms with E-state index in [0.29, 0.717) is 28.7 Å². The highest BCUT2D eigenvalue weighted by molar-refractivity contribution is 5.93. The fraction of sp³-hybridized carbons (Fsp3) is 0.150. The van der Waals surface area contributed by atoms with Gasteiger partial charge in [0.25, 0.3) is 0 Å². The molecule has 0 saturated heterocycles. The van der Waals surface area contributed by atoms with Gasteiger partial charge in [0.2, 0.25) is 11.8 Å². The van der Waals surface area contributed by atoms with E-state index in [1.54, 1.807) is 18.2 Å². The quantitative estimate of drug-likeness (QED) is 0.584. The van der Waals surface area contributed by atoms with Crippen molar-refractivity contribution in [1.29, 1.82) is 0 Å². The molecule has 2 aromatic heterocycles. The van der Waals surface area contributed by atoms with Gasteiger partial charge in [-0.25, -0.2) is 9.97 Å². The lowest BCUT2D eigenvalue weighted by Gasteiger charge is -2.03. The van der Waals surface area contributed by atoms with Crippen LogP contribution in [0, 0.1) is 0 Å². The second-order valence-electron chi connectivity index (χ2n) is 5.88. The lowest BCUT2D eigenvalue weighted by atomic mass is 10.2. The molecule has 6 heteroatoms. The Morgan fingerprint density at radius 1 is 1.12 bits per heavy atom. The average Bonchev–Trinajstić information content (AvgIpc) is 3.28. The van der Waals surface area contributed by atoms with E-state index in [9.17, 15) is 4.79 Å². The van der Waals surface area contributed by atoms with E-state index in [2.05, 4.69) is 15.3 Å². The molecule has 1 N–H and O–H groups in total. The molecule has 6 nitrogen and oxygen atoms in total. The predicted octanol–water partition coefficient (Wildman–Crippen LogP) is 4.23. The molecule has 4 aromatic rings. The Kier molecular flexibility index (Phi) is 4.23. The van der Waals surface area contributed by atoms with Crippen molar-refractivity contribution in [2.24, 2.45) is 0 Å². The highest BCUT2D eigenvalue weighted by Gasteiger charge is 2.12. The molecule has 0 aliphatic carbocycles. The van der Waals surface area contributed by atoms with Crippen LogP contribution in [0.25, 0.3) is 22.6 Å². The highest BCUT2D eigenvalue weighted by Crippen LogP contribution is 2.21. The van der Waals surface area contributed by atoms with Crippen LogP contribution in [-0.2, 0) is 17.6 Å². The van der Waals surface area contributed by atoms with Gasteiger partial charge in [-0.1, -0.05) is 25.1 Å². The number of fused-ring (bicyclic) bond motifs is 1. The number of nitrogens with one attached hydrogen (secondary N) is 1. The van der Waals surface area contributed by atoms with Gasteiger partial charge in [0.05, 0.1) is 12.1 Å². The Labute approximate surface area is 149 Å². The molecule has 0 fully saturated rings. The van der Waals surface area contributed by atoms with Crippen LogP contribution >= 0.6 is 0 Å². The first-order valence-corrected chi connectivity index (χ1v) is 8.40. The van der Waals surface area contributed by atoms with Crippen LogP contribution in [-0.4, -0.2) is 15.9 Å². The Hall–Kier alpha value is -3.41. The van der Waals surface area contributed by atoms with Gasteiger partial charge < -0.3 is 14.2 Å². The maximum atomic E-state index is 12.3. The molecule has 0 spiro atoms. The fourth-order valence-corrected chi connectivity index (χ4v) is 2.68. The van der Waals surface area contributed by atoms with Crippen molar-refractivity contribution < 1.29 is 13.6 Å². The Bertz CT molecular complexity index is 1050. The van der Waals surface area contributed by atoms with Gasteiger partial charge in [0.15, 0.2) is 11.5 Å². The van der Waals surface area contributed by atoms with E-state index >= 15 is 0 Å². The summed E-state index contributed by atoms with van der Waals surface area (Å²) in [6, 6.07) is 15.0. The van der Waals surface area contributed by atoms with Gasteiger partial charge in [0, 0.05) is 17.7 Å². The number of hydrogen-bond donors (Lipinski definition) is 1. The SMILES string of the molecule is CCc1nc2cc(NC(=O)Cc3coc(-c4ccccc4)n3)ccc2o1. The van der Waals surface area contributed by atoms with E-state index in [1.807, 2.05) is 37.3 Å². The van der Waals surface area contributed by atoms with E-state index < -0.39 is 0 Å². The molecule has 0 unspecified atom stereocenters. The van der Waals surface area contributed by atoms with Crippen molar-refractivity contribution in [1.82, 2.24) is 9.97 Å². The monoisotopic (exact) mass is 347 g/mol. The maximum absolute atomic E-state index is 12.3. The van der Waals surface area contributed by atoms with Crippen molar-refractivity contribution >= 4 is 22.7 Å². The number of anilines is 1. The van der Waals surface area contributed by atoms with Crippen molar-refractivity contribution in [3.8, 4) is 11.5 Å². The molecular formula is C20H17N3O3. The summed E-state index contributed by atoms with van der Waals surface area (Å²) >= 11 is 0. The molecule has 0 aliphatic heterocycles. The summed E-state index contributed by atoms with van der Waals surface area (Å²) in [7, 11) is 0. The minimum absolute atomic E-state index is 0.132. The van der Waals surface area contributed by atoms with E-state index in [4.69, 9.17) is 8.83 Å². The van der Waals surface area contributed by atoms with Gasteiger partial charge >= 0.3 is 0 Å². The van der Waals surface area contributed by atoms with Gasteiger partial charge in [0.1, 0.15) is 11.8 Å². The highest BCUT2D eigenvalue weighted by atomic mass is 16.3. The summed E-state index contributed by atoms with van der Waals surface area (Å²) in [6.45, 7) is 1.98. The lowest BCUT2D eigenvalue weighted by Crippen LogP contribution is -2.14. The minimum atomic E-state index is -0.170. The summed E-state index contributed by atoms with van der Waals surface area (Å²) in [6.07, 6.45) is 2.37. The second kappa shape index (κ2) is 6.84. The van der Waals surface area contributed by atoms with Crippen LogP contribution < -0.4 is 5.32 Å². The van der Waals surface area contributed by atoms with E-state index in [0.717, 1.165) is 17.5 Å². The normalized spacial score (nSPS) is 11.0. The summed E-state index contributed by atoms with van der Waals surface area (Å²) in [5, 5.41) is 2.86. The number of aryl methyl sites for hydroxylation is 1. The smallest absolute Gasteiger partial charge is 0.230 e. The molecule has 26 heavy (non-hydrogen) atoms. The van der Waals surface area contributed by atoms with Gasteiger partial charge in [-0.15, -0.1) is 0 Å². The zero-order valence-electron chi connectivity index (χ0n) is 14.2.